The second kappa shape index (κ2) is 9.20. The van der Waals surface area contributed by atoms with E-state index in [1.165, 1.54) is 43.6 Å². The van der Waals surface area contributed by atoms with Crippen molar-refractivity contribution in [2.75, 3.05) is 39.3 Å². The molecule has 1 amide bonds. The molecule has 152 valence electrons. The molecule has 0 bridgehead atoms. The fraction of sp³-hybridized carbons (Fsp3) is 0.810. The zero-order valence-corrected chi connectivity index (χ0v) is 17.7. The van der Waals surface area contributed by atoms with Crippen LogP contribution in [-0.4, -0.2) is 75.7 Å². The molecule has 1 unspecified atom stereocenters. The van der Waals surface area contributed by atoms with Crippen LogP contribution in [0.3, 0.4) is 0 Å². The van der Waals surface area contributed by atoms with E-state index in [2.05, 4.69) is 33.6 Å². The molecule has 1 aromatic heterocycles. The van der Waals surface area contributed by atoms with E-state index in [1.54, 1.807) is 6.92 Å². The Hall–Kier alpha value is -1.40. The van der Waals surface area contributed by atoms with E-state index >= 15 is 0 Å². The van der Waals surface area contributed by atoms with Crippen LogP contribution in [0.25, 0.3) is 0 Å². The lowest BCUT2D eigenvalue weighted by atomic mass is 10.0. The van der Waals surface area contributed by atoms with Gasteiger partial charge in [0, 0.05) is 57.4 Å². The minimum atomic E-state index is 0.229. The number of aromatic nitrogens is 2. The molecule has 1 atom stereocenters. The van der Waals surface area contributed by atoms with E-state index in [-0.39, 0.29) is 5.91 Å². The van der Waals surface area contributed by atoms with Crippen molar-refractivity contribution in [1.29, 1.82) is 0 Å². The van der Waals surface area contributed by atoms with Crippen molar-refractivity contribution < 1.29 is 4.79 Å². The van der Waals surface area contributed by atoms with Gasteiger partial charge in [0.2, 0.25) is 5.91 Å². The summed E-state index contributed by atoms with van der Waals surface area (Å²) in [7, 11) is 2.02. The molecule has 2 saturated heterocycles. The molecular weight excluding hydrogens is 338 g/mol. The maximum absolute atomic E-state index is 12.4. The van der Waals surface area contributed by atoms with Crippen molar-refractivity contribution in [3.63, 3.8) is 0 Å². The largest absolute Gasteiger partial charge is 0.337 e. The number of likely N-dealkylation sites (tertiary alicyclic amines) is 2. The number of amides is 1. The van der Waals surface area contributed by atoms with E-state index in [0.717, 1.165) is 51.3 Å². The Labute approximate surface area is 164 Å². The predicted octanol–water partition coefficient (Wildman–Crippen LogP) is 2.34. The monoisotopic (exact) mass is 375 g/mol. The molecule has 6 nitrogen and oxygen atoms in total. The Morgan fingerprint density at radius 2 is 1.81 bits per heavy atom. The lowest BCUT2D eigenvalue weighted by molar-refractivity contribution is -0.132. The topological polar surface area (TPSA) is 44.6 Å². The smallest absolute Gasteiger partial charge is 0.219 e. The van der Waals surface area contributed by atoms with Gasteiger partial charge in [0.1, 0.15) is 0 Å². The first-order chi connectivity index (χ1) is 13.0. The molecule has 3 rings (SSSR count). The van der Waals surface area contributed by atoms with Crippen LogP contribution in [0.5, 0.6) is 0 Å². The third-order valence-electron chi connectivity index (χ3n) is 6.47. The highest BCUT2D eigenvalue weighted by Gasteiger charge is 2.28. The van der Waals surface area contributed by atoms with Crippen molar-refractivity contribution >= 4 is 5.91 Å². The first kappa shape index (κ1) is 20.3. The van der Waals surface area contributed by atoms with Gasteiger partial charge in [-0.05, 0) is 59.2 Å². The summed E-state index contributed by atoms with van der Waals surface area (Å²) in [5.41, 5.74) is 3.73. The fourth-order valence-electron chi connectivity index (χ4n) is 4.73. The molecule has 6 heteroatoms. The summed E-state index contributed by atoms with van der Waals surface area (Å²) < 4.78 is 1.98. The van der Waals surface area contributed by atoms with E-state index < -0.39 is 0 Å². The first-order valence-corrected chi connectivity index (χ1v) is 10.7. The summed E-state index contributed by atoms with van der Waals surface area (Å²) in [4.78, 5) is 19.6. The Morgan fingerprint density at radius 3 is 2.44 bits per heavy atom. The lowest BCUT2D eigenvalue weighted by Gasteiger charge is -2.40. The van der Waals surface area contributed by atoms with E-state index in [1.807, 2.05) is 11.7 Å². The van der Waals surface area contributed by atoms with Crippen LogP contribution in [0.2, 0.25) is 0 Å². The number of aryl methyl sites for hydroxylation is 2. The molecule has 2 fully saturated rings. The van der Waals surface area contributed by atoms with Gasteiger partial charge in [0.15, 0.2) is 0 Å². The van der Waals surface area contributed by atoms with Gasteiger partial charge < -0.3 is 9.80 Å². The molecule has 3 heterocycles. The summed E-state index contributed by atoms with van der Waals surface area (Å²) in [6.07, 6.45) is 6.26. The second-order valence-electron chi connectivity index (χ2n) is 8.42. The molecular formula is C21H37N5O. The highest BCUT2D eigenvalue weighted by molar-refractivity contribution is 5.73. The molecule has 0 radical (unpaired) electrons. The number of hydrogen-bond donors (Lipinski definition) is 0. The van der Waals surface area contributed by atoms with E-state index in [4.69, 9.17) is 0 Å². The molecule has 1 aromatic rings. The first-order valence-electron chi connectivity index (χ1n) is 10.7. The van der Waals surface area contributed by atoms with Crippen LogP contribution in [0.4, 0.5) is 0 Å². The second-order valence-corrected chi connectivity index (χ2v) is 8.42. The highest BCUT2D eigenvalue weighted by atomic mass is 16.2. The normalized spacial score (nSPS) is 22.1. The summed E-state index contributed by atoms with van der Waals surface area (Å²) in [5.74, 6) is 0.229. The van der Waals surface area contributed by atoms with Crippen LogP contribution in [0.15, 0.2) is 0 Å². The number of rotatable bonds is 6. The Morgan fingerprint density at radius 1 is 1.11 bits per heavy atom. The van der Waals surface area contributed by atoms with Gasteiger partial charge in [-0.3, -0.25) is 14.4 Å². The third-order valence-corrected chi connectivity index (χ3v) is 6.47. The average molecular weight is 376 g/mol. The number of nitrogens with zero attached hydrogens (tertiary/aromatic N) is 5. The predicted molar refractivity (Wildman–Crippen MR) is 109 cm³/mol. The maximum Gasteiger partial charge on any atom is 0.219 e. The molecule has 2 aliphatic heterocycles. The van der Waals surface area contributed by atoms with Crippen LogP contribution in [0, 0.1) is 13.8 Å². The molecule has 0 saturated carbocycles. The quantitative estimate of drug-likeness (QED) is 0.766. The van der Waals surface area contributed by atoms with E-state index in [9.17, 15) is 4.79 Å². The molecule has 0 N–H and O–H groups in total. The van der Waals surface area contributed by atoms with Crippen molar-refractivity contribution in [3.05, 3.63) is 17.0 Å². The molecule has 0 aromatic carbocycles. The number of carbonyl (C=O) groups is 1. The zero-order chi connectivity index (χ0) is 19.4. The van der Waals surface area contributed by atoms with Gasteiger partial charge in [-0.25, -0.2) is 0 Å². The Bertz CT molecular complexity index is 635. The summed E-state index contributed by atoms with van der Waals surface area (Å²) in [5, 5.41) is 4.56. The molecule has 27 heavy (non-hydrogen) atoms. The van der Waals surface area contributed by atoms with Gasteiger partial charge in [0.05, 0.1) is 5.69 Å². The molecule has 2 aliphatic rings. The molecule has 0 spiro atoms. The zero-order valence-electron chi connectivity index (χ0n) is 17.7. The maximum atomic E-state index is 12.4. The minimum absolute atomic E-state index is 0.229. The lowest BCUT2D eigenvalue weighted by Crippen LogP contribution is -2.51. The fourth-order valence-corrected chi connectivity index (χ4v) is 4.73. The number of carbonyl (C=O) groups excluding carboxylic acids is 1. The van der Waals surface area contributed by atoms with Crippen LogP contribution in [-0.2, 0) is 18.4 Å². The van der Waals surface area contributed by atoms with Gasteiger partial charge in [-0.1, -0.05) is 6.42 Å². The summed E-state index contributed by atoms with van der Waals surface area (Å²) >= 11 is 0. The Balaban J connectivity index is 1.59. The van der Waals surface area contributed by atoms with E-state index in [0.29, 0.717) is 6.04 Å². The van der Waals surface area contributed by atoms with Crippen LogP contribution >= 0.6 is 0 Å². The van der Waals surface area contributed by atoms with Crippen LogP contribution < -0.4 is 0 Å². The van der Waals surface area contributed by atoms with Gasteiger partial charge in [-0.15, -0.1) is 0 Å². The van der Waals surface area contributed by atoms with Crippen molar-refractivity contribution in [3.8, 4) is 0 Å². The summed E-state index contributed by atoms with van der Waals surface area (Å²) in [6.45, 7) is 13.3. The van der Waals surface area contributed by atoms with Crippen LogP contribution in [0.1, 0.15) is 56.0 Å². The number of piperidine rings is 2. The molecule has 0 aliphatic carbocycles. The standard InChI is InChI=1S/C21H37N5O/c1-17-21(18(2)23(4)22-17)16-25-12-8-9-20(15-25)26(19(3)27)14-13-24-10-6-5-7-11-24/h20H,5-16H2,1-4H3. The number of hydrogen-bond acceptors (Lipinski definition) is 4. The van der Waals surface area contributed by atoms with Gasteiger partial charge in [-0.2, -0.15) is 5.10 Å². The summed E-state index contributed by atoms with van der Waals surface area (Å²) in [6, 6.07) is 0.346. The van der Waals surface area contributed by atoms with Crippen molar-refractivity contribution in [1.82, 2.24) is 24.5 Å². The van der Waals surface area contributed by atoms with Gasteiger partial charge in [0.25, 0.3) is 0 Å². The minimum Gasteiger partial charge on any atom is -0.337 e. The van der Waals surface area contributed by atoms with Crippen molar-refractivity contribution in [2.45, 2.75) is 65.5 Å². The van der Waals surface area contributed by atoms with Crippen molar-refractivity contribution in [2.24, 2.45) is 7.05 Å². The average Bonchev–Trinajstić information content (AvgIpc) is 2.89. The Kier molecular flexibility index (Phi) is 6.93. The highest BCUT2D eigenvalue weighted by Crippen LogP contribution is 2.21. The van der Waals surface area contributed by atoms with Gasteiger partial charge >= 0.3 is 0 Å². The third kappa shape index (κ3) is 5.11. The SMILES string of the molecule is CC(=O)N(CCN1CCCCC1)C1CCCN(Cc2c(C)nn(C)c2C)C1.